The molecule has 20 heavy (non-hydrogen) atoms. The van der Waals surface area contributed by atoms with E-state index < -0.39 is 5.97 Å². The number of amides is 1. The third-order valence-corrected chi connectivity index (χ3v) is 3.54. The zero-order chi connectivity index (χ0) is 14.4. The number of hydrogen-bond donors (Lipinski definition) is 3. The predicted octanol–water partition coefficient (Wildman–Crippen LogP) is 1.19. The van der Waals surface area contributed by atoms with E-state index in [-0.39, 0.29) is 17.5 Å². The SMILES string of the molecule is O=C(O)c1ccc(CCNC(=O)[C@@H]2CCCCN2)cc1. The molecule has 0 spiro atoms. The Bertz CT molecular complexity index is 465. The maximum absolute atomic E-state index is 11.9. The van der Waals surface area contributed by atoms with Crippen LogP contribution in [-0.2, 0) is 11.2 Å². The molecule has 5 heteroatoms. The molecule has 0 aromatic heterocycles. The Morgan fingerprint density at radius 1 is 1.25 bits per heavy atom. The lowest BCUT2D eigenvalue weighted by molar-refractivity contribution is -0.123. The van der Waals surface area contributed by atoms with E-state index in [2.05, 4.69) is 10.6 Å². The van der Waals surface area contributed by atoms with Gasteiger partial charge < -0.3 is 15.7 Å². The van der Waals surface area contributed by atoms with E-state index in [1.807, 2.05) is 0 Å². The van der Waals surface area contributed by atoms with Crippen molar-refractivity contribution in [3.63, 3.8) is 0 Å². The molecule has 0 unspecified atom stereocenters. The zero-order valence-electron chi connectivity index (χ0n) is 11.4. The smallest absolute Gasteiger partial charge is 0.335 e. The first-order chi connectivity index (χ1) is 9.66. The van der Waals surface area contributed by atoms with Crippen molar-refractivity contribution in [3.8, 4) is 0 Å². The van der Waals surface area contributed by atoms with Crippen molar-refractivity contribution in [2.45, 2.75) is 31.7 Å². The molecular weight excluding hydrogens is 256 g/mol. The Morgan fingerprint density at radius 3 is 2.60 bits per heavy atom. The third-order valence-electron chi connectivity index (χ3n) is 3.54. The number of nitrogens with one attached hydrogen (secondary N) is 2. The van der Waals surface area contributed by atoms with Crippen LogP contribution in [0.4, 0.5) is 0 Å². The number of benzene rings is 1. The molecule has 2 rings (SSSR count). The van der Waals surface area contributed by atoms with Crippen LogP contribution in [0, 0.1) is 0 Å². The average molecular weight is 276 g/mol. The molecule has 3 N–H and O–H groups in total. The van der Waals surface area contributed by atoms with Crippen LogP contribution in [0.15, 0.2) is 24.3 Å². The van der Waals surface area contributed by atoms with Gasteiger partial charge >= 0.3 is 5.97 Å². The fourth-order valence-electron chi connectivity index (χ4n) is 2.34. The number of carbonyl (C=O) groups is 2. The van der Waals surface area contributed by atoms with E-state index in [0.717, 1.165) is 31.4 Å². The Kier molecular flexibility index (Phi) is 5.12. The molecule has 0 bridgehead atoms. The second kappa shape index (κ2) is 7.05. The van der Waals surface area contributed by atoms with E-state index in [1.165, 1.54) is 0 Å². The number of carbonyl (C=O) groups excluding carboxylic acids is 1. The standard InChI is InChI=1S/C15H20N2O3/c18-14(13-3-1-2-9-16-13)17-10-8-11-4-6-12(7-5-11)15(19)20/h4-7,13,16H,1-3,8-10H2,(H,17,18)(H,19,20)/t13-/m0/s1. The summed E-state index contributed by atoms with van der Waals surface area (Å²) < 4.78 is 0. The van der Waals surface area contributed by atoms with Crippen LogP contribution in [-0.4, -0.2) is 36.1 Å². The van der Waals surface area contributed by atoms with Gasteiger partial charge in [0, 0.05) is 6.54 Å². The quantitative estimate of drug-likeness (QED) is 0.754. The topological polar surface area (TPSA) is 78.4 Å². The molecule has 1 fully saturated rings. The maximum atomic E-state index is 11.9. The lowest BCUT2D eigenvalue weighted by atomic mass is 10.0. The second-order valence-corrected chi connectivity index (χ2v) is 5.05. The van der Waals surface area contributed by atoms with Crippen molar-refractivity contribution in [1.29, 1.82) is 0 Å². The first-order valence-corrected chi connectivity index (χ1v) is 7.00. The van der Waals surface area contributed by atoms with E-state index in [9.17, 15) is 9.59 Å². The molecule has 1 saturated heterocycles. The first kappa shape index (κ1) is 14.5. The van der Waals surface area contributed by atoms with Gasteiger partial charge in [-0.2, -0.15) is 0 Å². The Hall–Kier alpha value is -1.88. The van der Waals surface area contributed by atoms with Gasteiger partial charge in [0.25, 0.3) is 0 Å². The van der Waals surface area contributed by atoms with Gasteiger partial charge in [-0.3, -0.25) is 4.79 Å². The molecule has 5 nitrogen and oxygen atoms in total. The second-order valence-electron chi connectivity index (χ2n) is 5.05. The predicted molar refractivity (Wildman–Crippen MR) is 75.8 cm³/mol. The molecule has 0 saturated carbocycles. The average Bonchev–Trinajstić information content (AvgIpc) is 2.48. The Balaban J connectivity index is 1.74. The number of rotatable bonds is 5. The van der Waals surface area contributed by atoms with Crippen molar-refractivity contribution >= 4 is 11.9 Å². The van der Waals surface area contributed by atoms with Gasteiger partial charge in [-0.1, -0.05) is 18.6 Å². The van der Waals surface area contributed by atoms with Gasteiger partial charge in [-0.15, -0.1) is 0 Å². The summed E-state index contributed by atoms with van der Waals surface area (Å²) in [5, 5.41) is 14.9. The molecule has 1 aliphatic heterocycles. The molecule has 1 atom stereocenters. The molecule has 1 aromatic rings. The van der Waals surface area contributed by atoms with Crippen LogP contribution in [0.5, 0.6) is 0 Å². The lowest BCUT2D eigenvalue weighted by Gasteiger charge is -2.22. The molecule has 1 aliphatic rings. The molecule has 0 radical (unpaired) electrons. The highest BCUT2D eigenvalue weighted by Crippen LogP contribution is 2.07. The van der Waals surface area contributed by atoms with Gasteiger partial charge in [-0.05, 0) is 43.5 Å². The van der Waals surface area contributed by atoms with E-state index in [1.54, 1.807) is 24.3 Å². The van der Waals surface area contributed by atoms with Gasteiger partial charge in [-0.25, -0.2) is 4.79 Å². The summed E-state index contributed by atoms with van der Waals surface area (Å²) in [7, 11) is 0. The van der Waals surface area contributed by atoms with Crippen molar-refractivity contribution in [1.82, 2.24) is 10.6 Å². The van der Waals surface area contributed by atoms with Crippen LogP contribution < -0.4 is 10.6 Å². The van der Waals surface area contributed by atoms with Crippen molar-refractivity contribution in [2.75, 3.05) is 13.1 Å². The minimum atomic E-state index is -0.923. The maximum Gasteiger partial charge on any atom is 0.335 e. The minimum absolute atomic E-state index is 0.0573. The first-order valence-electron chi connectivity index (χ1n) is 7.00. The molecule has 1 aromatic carbocycles. The highest BCUT2D eigenvalue weighted by atomic mass is 16.4. The number of hydrogen-bond acceptors (Lipinski definition) is 3. The van der Waals surface area contributed by atoms with E-state index >= 15 is 0 Å². The van der Waals surface area contributed by atoms with Crippen molar-refractivity contribution in [3.05, 3.63) is 35.4 Å². The monoisotopic (exact) mass is 276 g/mol. The molecule has 1 heterocycles. The highest BCUT2D eigenvalue weighted by Gasteiger charge is 2.19. The number of carboxylic acid groups (broad SMARTS) is 1. The molecule has 0 aliphatic carbocycles. The van der Waals surface area contributed by atoms with Crippen molar-refractivity contribution < 1.29 is 14.7 Å². The summed E-state index contributed by atoms with van der Waals surface area (Å²) in [5.41, 5.74) is 1.30. The van der Waals surface area contributed by atoms with E-state index in [0.29, 0.717) is 13.0 Å². The summed E-state index contributed by atoms with van der Waals surface area (Å²) in [6.07, 6.45) is 3.85. The van der Waals surface area contributed by atoms with Gasteiger partial charge in [0.15, 0.2) is 0 Å². The van der Waals surface area contributed by atoms with Crippen LogP contribution in [0.1, 0.15) is 35.2 Å². The van der Waals surface area contributed by atoms with Gasteiger partial charge in [0.2, 0.25) is 5.91 Å². The third kappa shape index (κ3) is 4.06. The molecular formula is C15H20N2O3. The summed E-state index contributed by atoms with van der Waals surface area (Å²) in [4.78, 5) is 22.6. The van der Waals surface area contributed by atoms with Crippen molar-refractivity contribution in [2.24, 2.45) is 0 Å². The fraction of sp³-hybridized carbons (Fsp3) is 0.467. The summed E-state index contributed by atoms with van der Waals surface area (Å²) in [6.45, 7) is 1.48. The summed E-state index contributed by atoms with van der Waals surface area (Å²) in [6, 6.07) is 6.69. The molecule has 108 valence electrons. The fourth-order valence-corrected chi connectivity index (χ4v) is 2.34. The van der Waals surface area contributed by atoms with Crippen LogP contribution in [0.3, 0.4) is 0 Å². The normalized spacial score (nSPS) is 18.5. The van der Waals surface area contributed by atoms with Crippen LogP contribution in [0.2, 0.25) is 0 Å². The van der Waals surface area contributed by atoms with Crippen LogP contribution >= 0.6 is 0 Å². The highest BCUT2D eigenvalue weighted by molar-refractivity contribution is 5.87. The van der Waals surface area contributed by atoms with E-state index in [4.69, 9.17) is 5.11 Å². The summed E-state index contributed by atoms with van der Waals surface area (Å²) in [5.74, 6) is -0.861. The molecule has 1 amide bonds. The zero-order valence-corrected chi connectivity index (χ0v) is 11.4. The lowest BCUT2D eigenvalue weighted by Crippen LogP contribution is -2.47. The van der Waals surface area contributed by atoms with Gasteiger partial charge in [0.05, 0.1) is 11.6 Å². The summed E-state index contributed by atoms with van der Waals surface area (Å²) >= 11 is 0. The Morgan fingerprint density at radius 2 is 2.00 bits per heavy atom. The number of carboxylic acids is 1. The van der Waals surface area contributed by atoms with Crippen LogP contribution in [0.25, 0.3) is 0 Å². The largest absolute Gasteiger partial charge is 0.478 e. The minimum Gasteiger partial charge on any atom is -0.478 e. The Labute approximate surface area is 118 Å². The number of piperidine rings is 1. The van der Waals surface area contributed by atoms with Gasteiger partial charge in [0.1, 0.15) is 0 Å². The number of aromatic carboxylic acids is 1.